The van der Waals surface area contributed by atoms with Crippen LogP contribution in [0.2, 0.25) is 0 Å². The number of amides is 1. The molecule has 27 heavy (non-hydrogen) atoms. The zero-order valence-corrected chi connectivity index (χ0v) is 14.6. The first kappa shape index (κ1) is 17.0. The lowest BCUT2D eigenvalue weighted by atomic mass is 10.0. The molecule has 2 aromatic carbocycles. The molecule has 138 valence electrons. The summed E-state index contributed by atoms with van der Waals surface area (Å²) >= 11 is 0. The van der Waals surface area contributed by atoms with E-state index in [4.69, 9.17) is 19.7 Å². The number of rotatable bonds is 6. The van der Waals surface area contributed by atoms with Crippen molar-refractivity contribution in [3.8, 4) is 5.75 Å². The van der Waals surface area contributed by atoms with Gasteiger partial charge in [0.1, 0.15) is 17.9 Å². The summed E-state index contributed by atoms with van der Waals surface area (Å²) in [5.41, 5.74) is 8.56. The molecule has 0 aliphatic carbocycles. The molecule has 2 heterocycles. The van der Waals surface area contributed by atoms with Crippen molar-refractivity contribution >= 4 is 28.4 Å². The second-order valence-corrected chi connectivity index (χ2v) is 6.17. The van der Waals surface area contributed by atoms with Gasteiger partial charge in [-0.15, -0.1) is 0 Å². The maximum Gasteiger partial charge on any atom is 0.224 e. The maximum atomic E-state index is 11.4. The number of carbonyl (C=O) groups is 1. The molecule has 0 spiro atoms. The summed E-state index contributed by atoms with van der Waals surface area (Å²) in [7, 11) is 0. The van der Waals surface area contributed by atoms with Crippen LogP contribution < -0.4 is 15.8 Å². The van der Waals surface area contributed by atoms with E-state index in [-0.39, 0.29) is 18.3 Å². The SMILES string of the molecule is N/C(=N/OCCOc1ccc2c(c1)CCC(=O)N2)c1cc2ccccc2o1. The van der Waals surface area contributed by atoms with Gasteiger partial charge in [-0.25, -0.2) is 0 Å². The fourth-order valence-electron chi connectivity index (χ4n) is 2.91. The zero-order chi connectivity index (χ0) is 18.6. The fourth-order valence-corrected chi connectivity index (χ4v) is 2.91. The van der Waals surface area contributed by atoms with Crippen LogP contribution in [-0.2, 0) is 16.1 Å². The third-order valence-corrected chi connectivity index (χ3v) is 4.26. The highest BCUT2D eigenvalue weighted by Crippen LogP contribution is 2.26. The third kappa shape index (κ3) is 3.87. The molecule has 3 aromatic rings. The van der Waals surface area contributed by atoms with Crippen LogP contribution in [0.25, 0.3) is 11.0 Å². The Bertz CT molecular complexity index is 976. The van der Waals surface area contributed by atoms with Gasteiger partial charge in [0.15, 0.2) is 12.4 Å². The lowest BCUT2D eigenvalue weighted by Crippen LogP contribution is -2.19. The number of anilines is 1. The van der Waals surface area contributed by atoms with Crippen molar-refractivity contribution in [1.29, 1.82) is 0 Å². The van der Waals surface area contributed by atoms with Crippen LogP contribution in [0.15, 0.2) is 58.1 Å². The Morgan fingerprint density at radius 3 is 2.93 bits per heavy atom. The van der Waals surface area contributed by atoms with Crippen molar-refractivity contribution in [3.05, 3.63) is 59.9 Å². The summed E-state index contributed by atoms with van der Waals surface area (Å²) in [5.74, 6) is 1.41. The van der Waals surface area contributed by atoms with Crippen LogP contribution in [0.1, 0.15) is 17.7 Å². The number of nitrogens with one attached hydrogen (secondary N) is 1. The van der Waals surface area contributed by atoms with Gasteiger partial charge in [0.05, 0.1) is 0 Å². The van der Waals surface area contributed by atoms with E-state index in [1.807, 2.05) is 48.5 Å². The van der Waals surface area contributed by atoms with Gasteiger partial charge in [-0.1, -0.05) is 23.4 Å². The Morgan fingerprint density at radius 1 is 1.15 bits per heavy atom. The molecule has 7 heteroatoms. The summed E-state index contributed by atoms with van der Waals surface area (Å²) in [4.78, 5) is 16.6. The van der Waals surface area contributed by atoms with Crippen LogP contribution in [0.3, 0.4) is 0 Å². The van der Waals surface area contributed by atoms with E-state index in [1.165, 1.54) is 0 Å². The van der Waals surface area contributed by atoms with Crippen LogP contribution in [0, 0.1) is 0 Å². The topological polar surface area (TPSA) is 99.1 Å². The number of hydrogen-bond acceptors (Lipinski definition) is 5. The number of benzene rings is 2. The Labute approximate surface area is 155 Å². The minimum Gasteiger partial charge on any atom is -0.490 e. The van der Waals surface area contributed by atoms with E-state index in [9.17, 15) is 4.79 Å². The summed E-state index contributed by atoms with van der Waals surface area (Å²) in [6.45, 7) is 0.566. The molecule has 1 aromatic heterocycles. The Hall–Kier alpha value is -3.48. The molecule has 0 saturated carbocycles. The molecule has 0 radical (unpaired) electrons. The summed E-state index contributed by atoms with van der Waals surface area (Å²) in [6.07, 6.45) is 1.21. The Morgan fingerprint density at radius 2 is 2.04 bits per heavy atom. The van der Waals surface area contributed by atoms with Crippen molar-refractivity contribution in [2.24, 2.45) is 10.9 Å². The van der Waals surface area contributed by atoms with Gasteiger partial charge in [0.25, 0.3) is 0 Å². The van der Waals surface area contributed by atoms with Crippen molar-refractivity contribution in [2.45, 2.75) is 12.8 Å². The average molecular weight is 365 g/mol. The van der Waals surface area contributed by atoms with E-state index < -0.39 is 0 Å². The van der Waals surface area contributed by atoms with Crippen molar-refractivity contribution in [3.63, 3.8) is 0 Å². The van der Waals surface area contributed by atoms with Crippen LogP contribution >= 0.6 is 0 Å². The van der Waals surface area contributed by atoms with E-state index in [0.717, 1.165) is 28.0 Å². The lowest BCUT2D eigenvalue weighted by molar-refractivity contribution is -0.116. The number of fused-ring (bicyclic) bond motifs is 2. The number of amidine groups is 1. The van der Waals surface area contributed by atoms with Crippen molar-refractivity contribution in [1.82, 2.24) is 0 Å². The largest absolute Gasteiger partial charge is 0.490 e. The number of para-hydroxylation sites is 1. The highest BCUT2D eigenvalue weighted by Gasteiger charge is 2.15. The molecule has 0 saturated heterocycles. The highest BCUT2D eigenvalue weighted by molar-refractivity contribution is 5.98. The molecule has 1 aliphatic heterocycles. The van der Waals surface area contributed by atoms with Crippen molar-refractivity contribution in [2.75, 3.05) is 18.5 Å². The fraction of sp³-hybridized carbons (Fsp3) is 0.200. The first-order valence-electron chi connectivity index (χ1n) is 8.69. The molecule has 1 amide bonds. The molecule has 0 unspecified atom stereocenters. The zero-order valence-electron chi connectivity index (χ0n) is 14.6. The van der Waals surface area contributed by atoms with Crippen LogP contribution in [0.4, 0.5) is 5.69 Å². The normalized spacial score (nSPS) is 13.9. The Kier molecular flexibility index (Phi) is 4.65. The van der Waals surface area contributed by atoms with Gasteiger partial charge < -0.3 is 25.0 Å². The smallest absolute Gasteiger partial charge is 0.224 e. The number of oxime groups is 1. The van der Waals surface area contributed by atoms with Crippen LogP contribution in [-0.4, -0.2) is 25.0 Å². The lowest BCUT2D eigenvalue weighted by Gasteiger charge is -2.17. The molecule has 0 atom stereocenters. The monoisotopic (exact) mass is 365 g/mol. The minimum atomic E-state index is 0.0458. The number of furan rings is 1. The predicted molar refractivity (Wildman–Crippen MR) is 102 cm³/mol. The Balaban J connectivity index is 1.28. The summed E-state index contributed by atoms with van der Waals surface area (Å²) in [5, 5.41) is 7.67. The van der Waals surface area contributed by atoms with E-state index in [2.05, 4.69) is 10.5 Å². The number of nitrogens with zero attached hydrogens (tertiary/aromatic N) is 1. The van der Waals surface area contributed by atoms with Crippen LogP contribution in [0.5, 0.6) is 5.75 Å². The second-order valence-electron chi connectivity index (χ2n) is 6.17. The number of ether oxygens (including phenoxy) is 1. The second kappa shape index (κ2) is 7.41. The van der Waals surface area contributed by atoms with E-state index in [0.29, 0.717) is 25.2 Å². The first-order chi connectivity index (χ1) is 13.2. The number of nitrogens with two attached hydrogens (primary N) is 1. The third-order valence-electron chi connectivity index (χ3n) is 4.26. The quantitative estimate of drug-likeness (QED) is 0.303. The average Bonchev–Trinajstić information content (AvgIpc) is 3.12. The van der Waals surface area contributed by atoms with Gasteiger partial charge in [0.2, 0.25) is 11.7 Å². The number of aryl methyl sites for hydroxylation is 1. The molecular weight excluding hydrogens is 346 g/mol. The molecule has 0 fully saturated rings. The van der Waals surface area contributed by atoms with Gasteiger partial charge in [-0.3, -0.25) is 4.79 Å². The standard InChI is InChI=1S/C20H19N3O4/c21-20(18-12-14-3-1-2-4-17(14)27-18)23-26-10-9-25-15-6-7-16-13(11-15)5-8-19(24)22-16/h1-4,6-7,11-12H,5,8-10H2,(H2,21,23)(H,22,24). The van der Waals surface area contributed by atoms with Crippen molar-refractivity contribution < 1.29 is 18.8 Å². The minimum absolute atomic E-state index is 0.0458. The predicted octanol–water partition coefficient (Wildman–Crippen LogP) is 3.03. The number of carbonyl (C=O) groups excluding carboxylic acids is 1. The number of hydrogen-bond donors (Lipinski definition) is 2. The maximum absolute atomic E-state index is 11.4. The van der Waals surface area contributed by atoms with Gasteiger partial charge in [-0.05, 0) is 42.3 Å². The van der Waals surface area contributed by atoms with E-state index in [1.54, 1.807) is 0 Å². The van der Waals surface area contributed by atoms with E-state index >= 15 is 0 Å². The molecule has 4 rings (SSSR count). The first-order valence-corrected chi connectivity index (χ1v) is 8.69. The molecular formula is C20H19N3O4. The summed E-state index contributed by atoms with van der Waals surface area (Å²) < 4.78 is 11.3. The molecule has 7 nitrogen and oxygen atoms in total. The van der Waals surface area contributed by atoms with Gasteiger partial charge in [-0.2, -0.15) is 0 Å². The molecule has 1 aliphatic rings. The highest BCUT2D eigenvalue weighted by atomic mass is 16.6. The molecule has 3 N–H and O–H groups in total. The van der Waals surface area contributed by atoms with Gasteiger partial charge >= 0.3 is 0 Å². The summed E-state index contributed by atoms with van der Waals surface area (Å²) in [6, 6.07) is 15.0. The molecule has 0 bridgehead atoms. The van der Waals surface area contributed by atoms with Gasteiger partial charge in [0, 0.05) is 17.5 Å².